The van der Waals surface area contributed by atoms with Crippen LogP contribution >= 0.6 is 0 Å². The molecule has 0 amide bonds. The first-order valence-corrected chi connectivity index (χ1v) is 7.42. The molecule has 0 aliphatic heterocycles. The van der Waals surface area contributed by atoms with Gasteiger partial charge in [-0.05, 0) is 49.7 Å². The molecule has 1 nitrogen and oxygen atoms in total. The maximum Gasteiger partial charge on any atom is 0.0208 e. The lowest BCUT2D eigenvalue weighted by Crippen LogP contribution is -2.31. The van der Waals surface area contributed by atoms with Crippen LogP contribution in [0.1, 0.15) is 55.7 Å². The van der Waals surface area contributed by atoms with Crippen LogP contribution in [0.5, 0.6) is 0 Å². The zero-order valence-corrected chi connectivity index (χ0v) is 12.2. The highest BCUT2D eigenvalue weighted by atomic mass is 14.9. The summed E-state index contributed by atoms with van der Waals surface area (Å²) in [5.41, 5.74) is 4.82. The number of benzene rings is 1. The SMILES string of the molecule is CCC1(CNCc2cc(C)ccc2C)CCCC1. The summed E-state index contributed by atoms with van der Waals surface area (Å²) in [7, 11) is 0. The summed E-state index contributed by atoms with van der Waals surface area (Å²) in [6.45, 7) is 8.95. The van der Waals surface area contributed by atoms with Crippen LogP contribution in [0.4, 0.5) is 0 Å². The van der Waals surface area contributed by atoms with Crippen LogP contribution in [0.25, 0.3) is 0 Å². The number of hydrogen-bond acceptors (Lipinski definition) is 1. The molecule has 18 heavy (non-hydrogen) atoms. The monoisotopic (exact) mass is 245 g/mol. The average Bonchev–Trinajstić information content (AvgIpc) is 2.83. The van der Waals surface area contributed by atoms with Gasteiger partial charge in [0.2, 0.25) is 0 Å². The van der Waals surface area contributed by atoms with E-state index in [1.165, 1.54) is 55.3 Å². The van der Waals surface area contributed by atoms with Gasteiger partial charge in [-0.25, -0.2) is 0 Å². The fourth-order valence-corrected chi connectivity index (χ4v) is 3.23. The van der Waals surface area contributed by atoms with Gasteiger partial charge in [-0.15, -0.1) is 0 Å². The third kappa shape index (κ3) is 3.14. The molecule has 0 heterocycles. The van der Waals surface area contributed by atoms with E-state index in [0.717, 1.165) is 6.54 Å². The molecule has 0 spiro atoms. The number of aryl methyl sites for hydroxylation is 2. The normalized spacial score (nSPS) is 18.2. The van der Waals surface area contributed by atoms with Gasteiger partial charge in [0.05, 0.1) is 0 Å². The van der Waals surface area contributed by atoms with Crippen molar-refractivity contribution in [2.75, 3.05) is 6.54 Å². The minimum Gasteiger partial charge on any atom is -0.312 e. The first-order valence-electron chi connectivity index (χ1n) is 7.42. The first-order chi connectivity index (χ1) is 8.65. The van der Waals surface area contributed by atoms with E-state index in [9.17, 15) is 0 Å². The van der Waals surface area contributed by atoms with E-state index < -0.39 is 0 Å². The van der Waals surface area contributed by atoms with Crippen LogP contribution in [-0.4, -0.2) is 6.54 Å². The molecular weight excluding hydrogens is 218 g/mol. The molecule has 1 aliphatic rings. The maximum atomic E-state index is 3.70. The van der Waals surface area contributed by atoms with Crippen molar-refractivity contribution in [1.82, 2.24) is 5.32 Å². The lowest BCUT2D eigenvalue weighted by Gasteiger charge is -2.28. The molecule has 1 aliphatic carbocycles. The Morgan fingerprint density at radius 3 is 2.56 bits per heavy atom. The molecule has 0 aromatic heterocycles. The molecule has 1 saturated carbocycles. The Balaban J connectivity index is 1.89. The van der Waals surface area contributed by atoms with Gasteiger partial charge in [0.25, 0.3) is 0 Å². The zero-order chi connectivity index (χ0) is 13.0. The van der Waals surface area contributed by atoms with E-state index in [1.807, 2.05) is 0 Å². The number of nitrogens with one attached hydrogen (secondary N) is 1. The van der Waals surface area contributed by atoms with Crippen LogP contribution in [-0.2, 0) is 6.54 Å². The lowest BCUT2D eigenvalue weighted by molar-refractivity contribution is 0.268. The first kappa shape index (κ1) is 13.6. The van der Waals surface area contributed by atoms with Gasteiger partial charge in [0.1, 0.15) is 0 Å². The quantitative estimate of drug-likeness (QED) is 0.812. The van der Waals surface area contributed by atoms with Crippen molar-refractivity contribution in [3.8, 4) is 0 Å². The second-order valence-electron chi connectivity index (χ2n) is 6.09. The van der Waals surface area contributed by atoms with E-state index in [2.05, 4.69) is 44.3 Å². The molecule has 0 unspecified atom stereocenters. The molecule has 1 N–H and O–H groups in total. The molecule has 1 fully saturated rings. The maximum absolute atomic E-state index is 3.70. The zero-order valence-electron chi connectivity index (χ0n) is 12.2. The molecular formula is C17H27N. The number of rotatable bonds is 5. The van der Waals surface area contributed by atoms with Crippen molar-refractivity contribution in [2.45, 2.75) is 59.4 Å². The summed E-state index contributed by atoms with van der Waals surface area (Å²) in [4.78, 5) is 0. The summed E-state index contributed by atoms with van der Waals surface area (Å²) in [6, 6.07) is 6.75. The van der Waals surface area contributed by atoms with E-state index in [1.54, 1.807) is 0 Å². The van der Waals surface area contributed by atoms with Crippen LogP contribution in [0.3, 0.4) is 0 Å². The summed E-state index contributed by atoms with van der Waals surface area (Å²) >= 11 is 0. The predicted molar refractivity (Wildman–Crippen MR) is 78.8 cm³/mol. The molecule has 1 aromatic carbocycles. The smallest absolute Gasteiger partial charge is 0.0208 e. The van der Waals surface area contributed by atoms with Crippen LogP contribution in [0.2, 0.25) is 0 Å². The molecule has 0 bridgehead atoms. The largest absolute Gasteiger partial charge is 0.312 e. The second-order valence-corrected chi connectivity index (χ2v) is 6.09. The van der Waals surface area contributed by atoms with Gasteiger partial charge in [-0.1, -0.05) is 43.5 Å². The van der Waals surface area contributed by atoms with Crippen molar-refractivity contribution in [3.63, 3.8) is 0 Å². The van der Waals surface area contributed by atoms with Crippen LogP contribution < -0.4 is 5.32 Å². The van der Waals surface area contributed by atoms with Gasteiger partial charge in [0.15, 0.2) is 0 Å². The minimum atomic E-state index is 0.595. The van der Waals surface area contributed by atoms with Gasteiger partial charge in [-0.3, -0.25) is 0 Å². The molecule has 0 radical (unpaired) electrons. The molecule has 2 rings (SSSR count). The van der Waals surface area contributed by atoms with Gasteiger partial charge < -0.3 is 5.32 Å². The molecule has 0 saturated heterocycles. The highest BCUT2D eigenvalue weighted by molar-refractivity contribution is 5.30. The highest BCUT2D eigenvalue weighted by Crippen LogP contribution is 2.40. The highest BCUT2D eigenvalue weighted by Gasteiger charge is 2.31. The Morgan fingerprint density at radius 2 is 1.89 bits per heavy atom. The third-order valence-corrected chi connectivity index (χ3v) is 4.73. The Hall–Kier alpha value is -0.820. The topological polar surface area (TPSA) is 12.0 Å². The molecule has 100 valence electrons. The fourth-order valence-electron chi connectivity index (χ4n) is 3.23. The molecule has 1 aromatic rings. The van der Waals surface area contributed by atoms with Crippen LogP contribution in [0, 0.1) is 19.3 Å². The summed E-state index contributed by atoms with van der Waals surface area (Å²) < 4.78 is 0. The van der Waals surface area contributed by atoms with E-state index in [-0.39, 0.29) is 0 Å². The van der Waals surface area contributed by atoms with Crippen LogP contribution in [0.15, 0.2) is 18.2 Å². The summed E-state index contributed by atoms with van der Waals surface area (Å²) in [6.07, 6.45) is 7.03. The standard InChI is InChI=1S/C17H27N/c1-4-17(9-5-6-10-17)13-18-12-16-11-14(2)7-8-15(16)3/h7-8,11,18H,4-6,9-10,12-13H2,1-3H3. The second kappa shape index (κ2) is 5.88. The Labute approximate surface area is 112 Å². The van der Waals surface area contributed by atoms with Gasteiger partial charge >= 0.3 is 0 Å². The van der Waals surface area contributed by atoms with Crippen molar-refractivity contribution in [1.29, 1.82) is 0 Å². The van der Waals surface area contributed by atoms with Crippen molar-refractivity contribution < 1.29 is 0 Å². The average molecular weight is 245 g/mol. The fraction of sp³-hybridized carbons (Fsp3) is 0.647. The van der Waals surface area contributed by atoms with E-state index in [0.29, 0.717) is 5.41 Å². The third-order valence-electron chi connectivity index (χ3n) is 4.73. The Bertz CT molecular complexity index is 389. The Morgan fingerprint density at radius 1 is 1.17 bits per heavy atom. The van der Waals surface area contributed by atoms with Crippen molar-refractivity contribution in [3.05, 3.63) is 34.9 Å². The molecule has 1 heteroatoms. The summed E-state index contributed by atoms with van der Waals surface area (Å²) in [5.74, 6) is 0. The van der Waals surface area contributed by atoms with Crippen molar-refractivity contribution in [2.24, 2.45) is 5.41 Å². The Kier molecular flexibility index (Phi) is 4.45. The lowest BCUT2D eigenvalue weighted by atomic mass is 9.83. The van der Waals surface area contributed by atoms with Gasteiger partial charge in [0, 0.05) is 13.1 Å². The number of hydrogen-bond donors (Lipinski definition) is 1. The van der Waals surface area contributed by atoms with E-state index in [4.69, 9.17) is 0 Å². The summed E-state index contributed by atoms with van der Waals surface area (Å²) in [5, 5.41) is 3.70. The van der Waals surface area contributed by atoms with Gasteiger partial charge in [-0.2, -0.15) is 0 Å². The minimum absolute atomic E-state index is 0.595. The van der Waals surface area contributed by atoms with E-state index >= 15 is 0 Å². The molecule has 0 atom stereocenters. The predicted octanol–water partition coefficient (Wildman–Crippen LogP) is 4.36. The van der Waals surface area contributed by atoms with Crippen molar-refractivity contribution >= 4 is 0 Å².